The van der Waals surface area contributed by atoms with Crippen molar-refractivity contribution in [2.45, 2.75) is 77.5 Å². The van der Waals surface area contributed by atoms with Crippen LogP contribution >= 0.6 is 11.8 Å². The molecule has 0 aromatic carbocycles. The van der Waals surface area contributed by atoms with E-state index in [0.717, 1.165) is 12.2 Å². The molecule has 0 aliphatic carbocycles. The van der Waals surface area contributed by atoms with Gasteiger partial charge in [-0.05, 0) is 12.2 Å². The van der Waals surface area contributed by atoms with Gasteiger partial charge in [0.15, 0.2) is 0 Å². The Morgan fingerprint density at radius 3 is 1.94 bits per heavy atom. The maximum atomic E-state index is 10.6. The summed E-state index contributed by atoms with van der Waals surface area (Å²) in [6.07, 6.45) is 10.8. The zero-order valence-electron chi connectivity index (χ0n) is 13.7. The van der Waals surface area contributed by atoms with E-state index in [0.29, 0.717) is 0 Å². The summed E-state index contributed by atoms with van der Waals surface area (Å²) in [5, 5.41) is 8.63. The van der Waals surface area contributed by atoms with Crippen molar-refractivity contribution in [3.8, 4) is 0 Å². The number of carbonyl (C=O) groups is 1. The lowest BCUT2D eigenvalue weighted by molar-refractivity contribution is -0.136. The molecule has 0 aliphatic rings. The standard InChI is InChI=1S/C15H30O2S/c1-2-3-4-5-6-7-8-9-10-11-13-18-14-12-15(16)17/h2-14H2,1H3,(H,16,17)/i12D2. The summed E-state index contributed by atoms with van der Waals surface area (Å²) >= 11 is 1.41. The van der Waals surface area contributed by atoms with Crippen LogP contribution in [0.25, 0.3) is 0 Å². The van der Waals surface area contributed by atoms with Crippen LogP contribution in [0.5, 0.6) is 0 Å². The highest BCUT2D eigenvalue weighted by molar-refractivity contribution is 7.99. The van der Waals surface area contributed by atoms with Crippen LogP contribution in [0, 0.1) is 0 Å². The van der Waals surface area contributed by atoms with Crippen LogP contribution in [0.15, 0.2) is 0 Å². The fourth-order valence-electron chi connectivity index (χ4n) is 1.88. The van der Waals surface area contributed by atoms with E-state index in [1.807, 2.05) is 0 Å². The van der Waals surface area contributed by atoms with Gasteiger partial charge in [-0.2, -0.15) is 11.8 Å². The molecule has 1 N–H and O–H groups in total. The monoisotopic (exact) mass is 276 g/mol. The Morgan fingerprint density at radius 1 is 0.944 bits per heavy atom. The van der Waals surface area contributed by atoms with E-state index in [2.05, 4.69) is 6.92 Å². The minimum absolute atomic E-state index is 0.0553. The molecule has 0 spiro atoms. The van der Waals surface area contributed by atoms with Gasteiger partial charge in [-0.1, -0.05) is 64.7 Å². The van der Waals surface area contributed by atoms with Gasteiger partial charge >= 0.3 is 5.97 Å². The number of carboxylic acid groups (broad SMARTS) is 1. The summed E-state index contributed by atoms with van der Waals surface area (Å²) in [7, 11) is 0. The van der Waals surface area contributed by atoms with Crippen molar-refractivity contribution in [3.05, 3.63) is 0 Å². The van der Waals surface area contributed by atoms with Crippen LogP contribution < -0.4 is 0 Å². The summed E-state index contributed by atoms with van der Waals surface area (Å²) in [5.74, 6) is -0.434. The second-order valence-electron chi connectivity index (χ2n) is 4.72. The van der Waals surface area contributed by atoms with Gasteiger partial charge in [-0.25, -0.2) is 0 Å². The molecule has 0 atom stereocenters. The molecule has 0 bridgehead atoms. The minimum Gasteiger partial charge on any atom is -0.481 e. The van der Waals surface area contributed by atoms with E-state index in [9.17, 15) is 4.79 Å². The molecule has 108 valence electrons. The normalized spacial score (nSPS) is 13.2. The Bertz CT molecular complexity index is 248. The second-order valence-corrected chi connectivity index (χ2v) is 5.82. The smallest absolute Gasteiger partial charge is 0.304 e. The number of unbranched alkanes of at least 4 members (excludes halogenated alkanes) is 9. The molecule has 18 heavy (non-hydrogen) atoms. The fourth-order valence-corrected chi connectivity index (χ4v) is 2.65. The first-order chi connectivity index (χ1) is 9.50. The molecule has 0 heterocycles. The molecular formula is C15H30O2S. The van der Waals surface area contributed by atoms with Crippen LogP contribution in [0.2, 0.25) is 0 Å². The zero-order chi connectivity index (χ0) is 15.3. The number of rotatable bonds is 14. The molecule has 0 aromatic rings. The number of aliphatic carboxylic acids is 1. The van der Waals surface area contributed by atoms with Gasteiger partial charge in [-0.15, -0.1) is 0 Å². The first-order valence-corrected chi connectivity index (χ1v) is 8.47. The van der Waals surface area contributed by atoms with Gasteiger partial charge in [0.05, 0.1) is 6.37 Å². The van der Waals surface area contributed by atoms with Crippen LogP contribution in [-0.2, 0) is 4.79 Å². The summed E-state index contributed by atoms with van der Waals surface area (Å²) in [6, 6.07) is 0. The van der Waals surface area contributed by atoms with Crippen LogP contribution in [0.4, 0.5) is 0 Å². The van der Waals surface area contributed by atoms with Crippen molar-refractivity contribution in [1.82, 2.24) is 0 Å². The third-order valence-corrected chi connectivity index (χ3v) is 3.89. The van der Waals surface area contributed by atoms with E-state index < -0.39 is 12.3 Å². The van der Waals surface area contributed by atoms with E-state index in [1.165, 1.54) is 69.5 Å². The number of thioether (sulfide) groups is 1. The Balaban J connectivity index is 3.19. The molecule has 0 aromatic heterocycles. The van der Waals surface area contributed by atoms with Gasteiger partial charge in [0.25, 0.3) is 0 Å². The summed E-state index contributed by atoms with van der Waals surface area (Å²) in [6.45, 7) is 2.24. The molecule has 0 unspecified atom stereocenters. The molecule has 0 amide bonds. The maximum Gasteiger partial charge on any atom is 0.304 e. The molecule has 2 nitrogen and oxygen atoms in total. The third kappa shape index (κ3) is 15.8. The van der Waals surface area contributed by atoms with Crippen LogP contribution in [-0.4, -0.2) is 22.6 Å². The molecular weight excluding hydrogens is 244 g/mol. The average molecular weight is 276 g/mol. The van der Waals surface area contributed by atoms with E-state index in [4.69, 9.17) is 7.85 Å². The Hall–Kier alpha value is -0.180. The lowest BCUT2D eigenvalue weighted by Gasteiger charge is -2.02. The van der Waals surface area contributed by atoms with Gasteiger partial charge in [-0.3, -0.25) is 4.79 Å². The van der Waals surface area contributed by atoms with Crippen molar-refractivity contribution in [2.24, 2.45) is 0 Å². The summed E-state index contributed by atoms with van der Waals surface area (Å²) in [5.41, 5.74) is 0. The van der Waals surface area contributed by atoms with Gasteiger partial charge in [0, 0.05) is 8.49 Å². The quantitative estimate of drug-likeness (QED) is 0.448. The minimum atomic E-state index is -2.08. The first-order valence-electron chi connectivity index (χ1n) is 8.32. The number of hydrogen-bond acceptors (Lipinski definition) is 2. The lowest BCUT2D eigenvalue weighted by atomic mass is 10.1. The van der Waals surface area contributed by atoms with Crippen LogP contribution in [0.3, 0.4) is 0 Å². The summed E-state index contributed by atoms with van der Waals surface area (Å²) in [4.78, 5) is 10.6. The maximum absolute atomic E-state index is 10.6. The zero-order valence-corrected chi connectivity index (χ0v) is 12.6. The molecule has 0 saturated heterocycles. The van der Waals surface area contributed by atoms with Crippen LogP contribution in [0.1, 0.15) is 80.2 Å². The predicted octanol–water partition coefficient (Wildman–Crippen LogP) is 5.12. The number of carboxylic acids is 1. The highest BCUT2D eigenvalue weighted by Crippen LogP contribution is 2.12. The Morgan fingerprint density at radius 2 is 1.44 bits per heavy atom. The number of hydrogen-bond donors (Lipinski definition) is 1. The van der Waals surface area contributed by atoms with Crippen molar-refractivity contribution < 1.29 is 12.6 Å². The molecule has 0 rings (SSSR count). The van der Waals surface area contributed by atoms with Gasteiger partial charge in [0.2, 0.25) is 0 Å². The highest BCUT2D eigenvalue weighted by atomic mass is 32.2. The van der Waals surface area contributed by atoms with Crippen molar-refractivity contribution in [2.75, 3.05) is 11.5 Å². The third-order valence-electron chi connectivity index (χ3n) is 2.97. The topological polar surface area (TPSA) is 37.3 Å². The lowest BCUT2D eigenvalue weighted by Crippen LogP contribution is -1.96. The molecule has 0 fully saturated rings. The molecule has 0 aliphatic heterocycles. The molecule has 0 radical (unpaired) electrons. The largest absolute Gasteiger partial charge is 0.481 e. The molecule has 0 saturated carbocycles. The van der Waals surface area contributed by atoms with E-state index >= 15 is 0 Å². The first kappa shape index (κ1) is 14.2. The predicted molar refractivity (Wildman–Crippen MR) is 81.4 cm³/mol. The fraction of sp³-hybridized carbons (Fsp3) is 0.933. The summed E-state index contributed by atoms with van der Waals surface area (Å²) < 4.78 is 14.5. The molecule has 3 heteroatoms. The van der Waals surface area contributed by atoms with Crippen molar-refractivity contribution in [3.63, 3.8) is 0 Å². The Kier molecular flexibility index (Phi) is 11.8. The van der Waals surface area contributed by atoms with Crippen molar-refractivity contribution in [1.29, 1.82) is 0 Å². The average Bonchev–Trinajstić information content (AvgIpc) is 2.39. The van der Waals surface area contributed by atoms with Gasteiger partial charge in [0.1, 0.15) is 0 Å². The SMILES string of the molecule is [2H]C([2H])(CSCCCCCCCCCCCC)C(=O)O. The Labute approximate surface area is 120 Å². The van der Waals surface area contributed by atoms with Crippen molar-refractivity contribution >= 4 is 17.7 Å². The van der Waals surface area contributed by atoms with E-state index in [-0.39, 0.29) is 5.75 Å². The van der Waals surface area contributed by atoms with E-state index in [1.54, 1.807) is 0 Å². The second kappa shape index (κ2) is 14.9. The van der Waals surface area contributed by atoms with Gasteiger partial charge < -0.3 is 5.11 Å². The highest BCUT2D eigenvalue weighted by Gasteiger charge is 1.96.